The Morgan fingerprint density at radius 3 is 1.75 bits per heavy atom. The Labute approximate surface area is 392 Å². The van der Waals surface area contributed by atoms with E-state index in [0.717, 1.165) is 0 Å². The van der Waals surface area contributed by atoms with Crippen molar-refractivity contribution in [3.8, 4) is 0 Å². The number of carbonyl (C=O) groups excluding carboxylic acids is 8. The standard InChI is InChI=1S/C44H71N9O10S2/c1-25(2)15-35(53-43(63)28(9-4-6-12-45)20-36(55)29-18-32(64)23-33(65)19-29)37(56)16-26(3)41(61)52-34(11-5-7-13-46)38(57)21-27(10-8-14-50-44(48)49)42(62)51-24-31(54)17-30(40(47)60)22-39(58)59/h18-19,23,25-28,30,34-35,64-65H,4-17,20-22,24,45-46H2,1-3H3,(H2,47,60)(H,51,62)(H,52,61)(H,53,63)(H,58,59)(H4,48,49,50). The third kappa shape index (κ3) is 24.3. The van der Waals surface area contributed by atoms with Crippen molar-refractivity contribution in [2.24, 2.45) is 63.3 Å². The number of nitrogens with zero attached hydrogens (tertiary/aromatic N) is 1. The number of benzene rings is 1. The number of carboxylic acid groups (broad SMARTS) is 1. The first kappa shape index (κ1) is 58.2. The summed E-state index contributed by atoms with van der Waals surface area (Å²) in [5.41, 5.74) is 27.9. The van der Waals surface area contributed by atoms with Gasteiger partial charge in [-0.3, -0.25) is 48.1 Å². The molecule has 0 aliphatic heterocycles. The number of primary amides is 1. The highest BCUT2D eigenvalue weighted by atomic mass is 32.1. The molecule has 0 radical (unpaired) electrons. The molecule has 0 aliphatic carbocycles. The third-order valence-corrected chi connectivity index (χ3v) is 11.2. The van der Waals surface area contributed by atoms with E-state index < -0.39 is 102 Å². The van der Waals surface area contributed by atoms with E-state index in [1.807, 2.05) is 13.8 Å². The molecule has 0 heterocycles. The number of thiol groups is 2. The van der Waals surface area contributed by atoms with E-state index in [9.17, 15) is 43.2 Å². The van der Waals surface area contributed by atoms with E-state index in [2.05, 4.69) is 46.2 Å². The summed E-state index contributed by atoms with van der Waals surface area (Å²) >= 11 is 8.68. The van der Waals surface area contributed by atoms with E-state index in [0.29, 0.717) is 60.5 Å². The minimum absolute atomic E-state index is 0.0334. The third-order valence-electron chi connectivity index (χ3n) is 10.6. The molecule has 0 saturated carbocycles. The molecule has 0 aromatic heterocycles. The molecule has 0 saturated heterocycles. The summed E-state index contributed by atoms with van der Waals surface area (Å²) in [5.74, 6) is -10.1. The summed E-state index contributed by atoms with van der Waals surface area (Å²) in [4.78, 5) is 123. The Bertz CT molecular complexity index is 1810. The van der Waals surface area contributed by atoms with Crippen LogP contribution in [0.15, 0.2) is 33.0 Å². The van der Waals surface area contributed by atoms with Crippen LogP contribution in [0.1, 0.15) is 121 Å². The Balaban J connectivity index is 3.22. The van der Waals surface area contributed by atoms with E-state index in [1.54, 1.807) is 18.2 Å². The first-order chi connectivity index (χ1) is 30.6. The molecule has 364 valence electrons. The van der Waals surface area contributed by atoms with Crippen LogP contribution in [0, 0.1) is 29.6 Å². The van der Waals surface area contributed by atoms with E-state index in [1.165, 1.54) is 6.92 Å². The minimum Gasteiger partial charge on any atom is -0.481 e. The van der Waals surface area contributed by atoms with Crippen LogP contribution in [-0.2, 0) is 38.4 Å². The molecular weight excluding hydrogens is 879 g/mol. The molecule has 21 heteroatoms. The van der Waals surface area contributed by atoms with Crippen molar-refractivity contribution in [3.63, 3.8) is 0 Å². The molecule has 6 unspecified atom stereocenters. The van der Waals surface area contributed by atoms with Crippen molar-refractivity contribution in [3.05, 3.63) is 23.8 Å². The van der Waals surface area contributed by atoms with Crippen LogP contribution in [0.3, 0.4) is 0 Å². The van der Waals surface area contributed by atoms with Crippen molar-refractivity contribution in [1.29, 1.82) is 0 Å². The van der Waals surface area contributed by atoms with E-state index in [4.69, 9.17) is 33.8 Å². The molecule has 0 aliphatic rings. The van der Waals surface area contributed by atoms with Crippen molar-refractivity contribution in [2.45, 2.75) is 133 Å². The van der Waals surface area contributed by atoms with Gasteiger partial charge < -0.3 is 49.7 Å². The van der Waals surface area contributed by atoms with Crippen molar-refractivity contribution >= 4 is 83.9 Å². The van der Waals surface area contributed by atoms with Gasteiger partial charge in [0.2, 0.25) is 23.6 Å². The molecule has 65 heavy (non-hydrogen) atoms. The van der Waals surface area contributed by atoms with Gasteiger partial charge in [-0.2, -0.15) is 0 Å². The number of aliphatic imine (C=N–C) groups is 1. The average molecular weight is 950 g/mol. The molecule has 4 amide bonds. The van der Waals surface area contributed by atoms with Crippen LogP contribution < -0.4 is 44.6 Å². The Kier molecular flexibility index (Phi) is 27.8. The summed E-state index contributed by atoms with van der Waals surface area (Å²) in [5, 5.41) is 17.1. The van der Waals surface area contributed by atoms with Crippen LogP contribution in [0.4, 0.5) is 0 Å². The molecule has 1 aromatic carbocycles. The maximum absolute atomic E-state index is 13.9. The van der Waals surface area contributed by atoms with E-state index in [-0.39, 0.29) is 69.2 Å². The highest BCUT2D eigenvalue weighted by Crippen LogP contribution is 2.23. The lowest BCUT2D eigenvalue weighted by Gasteiger charge is -2.25. The zero-order chi connectivity index (χ0) is 49.2. The lowest BCUT2D eigenvalue weighted by Crippen LogP contribution is -2.47. The number of ketones is 4. The predicted molar refractivity (Wildman–Crippen MR) is 252 cm³/mol. The Hall–Kier alpha value is -4.86. The number of nitrogens with two attached hydrogens (primary N) is 5. The molecule has 0 spiro atoms. The number of carboxylic acids is 1. The predicted octanol–water partition coefficient (Wildman–Crippen LogP) is 1.60. The Morgan fingerprint density at radius 2 is 1.20 bits per heavy atom. The second-order valence-corrected chi connectivity index (χ2v) is 18.0. The quantitative estimate of drug-likeness (QED) is 0.0151. The van der Waals surface area contributed by atoms with Crippen LogP contribution in [0.2, 0.25) is 0 Å². The molecule has 0 bridgehead atoms. The highest BCUT2D eigenvalue weighted by molar-refractivity contribution is 7.81. The van der Waals surface area contributed by atoms with Crippen LogP contribution in [0.5, 0.6) is 0 Å². The molecule has 0 fully saturated rings. The molecule has 14 N–H and O–H groups in total. The van der Waals surface area contributed by atoms with Gasteiger partial charge in [0, 0.05) is 65.3 Å². The van der Waals surface area contributed by atoms with Crippen LogP contribution in [-0.4, -0.2) is 102 Å². The zero-order valence-electron chi connectivity index (χ0n) is 37.9. The molecule has 1 aromatic rings. The summed E-state index contributed by atoms with van der Waals surface area (Å²) in [7, 11) is 0. The van der Waals surface area contributed by atoms with Gasteiger partial charge in [-0.15, -0.1) is 25.3 Å². The smallest absolute Gasteiger partial charge is 0.304 e. The van der Waals surface area contributed by atoms with Gasteiger partial charge >= 0.3 is 5.97 Å². The fourth-order valence-corrected chi connectivity index (χ4v) is 7.72. The number of unbranched alkanes of at least 4 members (excludes halogenated alkanes) is 2. The minimum atomic E-state index is -1.33. The fourth-order valence-electron chi connectivity index (χ4n) is 7.07. The number of rotatable bonds is 35. The first-order valence-corrected chi connectivity index (χ1v) is 23.0. The van der Waals surface area contributed by atoms with Gasteiger partial charge in [0.05, 0.1) is 31.0 Å². The number of Topliss-reactive ketones (excluding diaryl/α,β-unsaturated/α-hetero) is 4. The maximum atomic E-state index is 13.9. The van der Waals surface area contributed by atoms with Crippen LogP contribution in [0.25, 0.3) is 0 Å². The molecular formula is C44H71N9O10S2. The number of guanidine groups is 1. The van der Waals surface area contributed by atoms with Crippen molar-refractivity contribution in [2.75, 3.05) is 26.2 Å². The van der Waals surface area contributed by atoms with Gasteiger partial charge in [0.1, 0.15) is 0 Å². The summed E-state index contributed by atoms with van der Waals surface area (Å²) in [6.45, 7) is 5.59. The molecule has 1 rings (SSSR count). The largest absolute Gasteiger partial charge is 0.481 e. The van der Waals surface area contributed by atoms with Crippen molar-refractivity contribution < 1.29 is 48.3 Å². The number of aliphatic carboxylic acids is 1. The number of hydrogen-bond acceptors (Lipinski definition) is 14. The average Bonchev–Trinajstić information content (AvgIpc) is 3.21. The van der Waals surface area contributed by atoms with Gasteiger partial charge in [-0.1, -0.05) is 27.2 Å². The SMILES string of the molecule is CC(C)CC(NC(=O)C(CCCCN)CC(=O)c1cc(S)cc(S)c1)C(=O)CC(C)C(=O)NC(CCCCN)C(=O)CC(CCCN=C(N)N)C(=O)NCC(=O)CC(CC(=O)O)C(N)=O. The van der Waals surface area contributed by atoms with E-state index >= 15 is 0 Å². The molecule has 19 nitrogen and oxygen atoms in total. The summed E-state index contributed by atoms with van der Waals surface area (Å²) < 4.78 is 0. The fraction of sp³-hybridized carbons (Fsp3) is 0.636. The second-order valence-electron chi connectivity index (χ2n) is 16.9. The zero-order valence-corrected chi connectivity index (χ0v) is 39.6. The molecule has 6 atom stereocenters. The second kappa shape index (κ2) is 31.1. The maximum Gasteiger partial charge on any atom is 0.304 e. The normalized spacial score (nSPS) is 13.9. The topological polar surface area (TPSA) is 352 Å². The lowest BCUT2D eigenvalue weighted by atomic mass is 9.89. The highest BCUT2D eigenvalue weighted by Gasteiger charge is 2.33. The number of hydrogen-bond donors (Lipinski definition) is 11. The van der Waals surface area contributed by atoms with Gasteiger partial charge in [-0.25, -0.2) is 0 Å². The van der Waals surface area contributed by atoms with Crippen molar-refractivity contribution in [1.82, 2.24) is 16.0 Å². The number of amides is 4. The van der Waals surface area contributed by atoms with Gasteiger partial charge in [0.15, 0.2) is 29.1 Å². The van der Waals surface area contributed by atoms with Gasteiger partial charge in [0.25, 0.3) is 0 Å². The monoisotopic (exact) mass is 949 g/mol. The number of nitrogens with one attached hydrogen (secondary N) is 3. The summed E-state index contributed by atoms with van der Waals surface area (Å²) in [6.07, 6.45) is 1.40. The lowest BCUT2D eigenvalue weighted by molar-refractivity contribution is -0.141. The number of carbonyl (C=O) groups is 9. The first-order valence-electron chi connectivity index (χ1n) is 22.1. The summed E-state index contributed by atoms with van der Waals surface area (Å²) in [6, 6.07) is 2.84. The Morgan fingerprint density at radius 1 is 0.646 bits per heavy atom. The van der Waals surface area contributed by atoms with Crippen LogP contribution >= 0.6 is 25.3 Å². The van der Waals surface area contributed by atoms with Gasteiger partial charge in [-0.05, 0) is 88.6 Å².